The summed E-state index contributed by atoms with van der Waals surface area (Å²) in [5.74, 6) is -0.300. The number of carbonyl (C=O) groups is 1. The van der Waals surface area contributed by atoms with Gasteiger partial charge >= 0.3 is 6.18 Å². The Bertz CT molecular complexity index is 647. The quantitative estimate of drug-likeness (QED) is 0.460. The lowest BCUT2D eigenvalue weighted by Gasteiger charge is -2.35. The molecule has 166 valence electrons. The van der Waals surface area contributed by atoms with Crippen molar-refractivity contribution < 1.29 is 27.4 Å². The van der Waals surface area contributed by atoms with Crippen LogP contribution in [-0.2, 0) is 15.7 Å². The van der Waals surface area contributed by atoms with Crippen LogP contribution in [0.25, 0.3) is 0 Å². The number of rotatable bonds is 11. The van der Waals surface area contributed by atoms with Gasteiger partial charge in [0.1, 0.15) is 11.4 Å². The molecular weight excluding hydrogens is 383 g/mol. The van der Waals surface area contributed by atoms with Crippen molar-refractivity contribution >= 4 is 11.6 Å². The van der Waals surface area contributed by atoms with Gasteiger partial charge in [0, 0.05) is 12.3 Å². The molecule has 0 saturated heterocycles. The van der Waals surface area contributed by atoms with Crippen LogP contribution in [0.2, 0.25) is 0 Å². The van der Waals surface area contributed by atoms with E-state index in [4.69, 9.17) is 9.47 Å². The van der Waals surface area contributed by atoms with Crippen molar-refractivity contribution in [2.45, 2.75) is 72.6 Å². The molecule has 0 fully saturated rings. The average Bonchev–Trinajstić information content (AvgIpc) is 2.59. The van der Waals surface area contributed by atoms with Gasteiger partial charge in [-0.15, -0.1) is 0 Å². The van der Waals surface area contributed by atoms with Gasteiger partial charge in [0.15, 0.2) is 0 Å². The molecule has 0 unspecified atom stereocenters. The van der Waals surface area contributed by atoms with Crippen molar-refractivity contribution in [3.63, 3.8) is 0 Å². The fourth-order valence-electron chi connectivity index (χ4n) is 3.42. The third-order valence-corrected chi connectivity index (χ3v) is 4.31. The van der Waals surface area contributed by atoms with Gasteiger partial charge in [0.2, 0.25) is 0 Å². The van der Waals surface area contributed by atoms with Crippen molar-refractivity contribution in [2.75, 3.05) is 18.5 Å². The Kier molecular flexibility index (Phi) is 9.46. The largest absolute Gasteiger partial charge is 0.493 e. The van der Waals surface area contributed by atoms with Gasteiger partial charge in [-0.05, 0) is 56.2 Å². The molecule has 0 bridgehead atoms. The molecule has 29 heavy (non-hydrogen) atoms. The molecule has 1 rings (SSSR count). The number of hydrogen-bond acceptors (Lipinski definition) is 3. The van der Waals surface area contributed by atoms with Gasteiger partial charge in [-0.1, -0.05) is 34.6 Å². The molecular formula is C22H34F3NO3. The molecule has 1 amide bonds. The molecule has 1 N–H and O–H groups in total. The van der Waals surface area contributed by atoms with Crippen molar-refractivity contribution in [1.82, 2.24) is 0 Å². The minimum atomic E-state index is -4.59. The van der Waals surface area contributed by atoms with Crippen molar-refractivity contribution in [3.05, 3.63) is 23.8 Å². The van der Waals surface area contributed by atoms with Crippen LogP contribution in [0.15, 0.2) is 18.2 Å². The number of ether oxygens (including phenoxy) is 2. The second-order valence-electron chi connectivity index (χ2n) is 8.13. The summed E-state index contributed by atoms with van der Waals surface area (Å²) in [5, 5.41) is 2.66. The molecule has 0 radical (unpaired) electrons. The Labute approximate surface area is 172 Å². The molecule has 0 aliphatic heterocycles. The highest BCUT2D eigenvalue weighted by atomic mass is 19.4. The Morgan fingerprint density at radius 2 is 1.66 bits per heavy atom. The Morgan fingerprint density at radius 3 is 2.10 bits per heavy atom. The fourth-order valence-corrected chi connectivity index (χ4v) is 3.42. The van der Waals surface area contributed by atoms with E-state index >= 15 is 0 Å². The van der Waals surface area contributed by atoms with E-state index in [1.54, 1.807) is 6.92 Å². The summed E-state index contributed by atoms with van der Waals surface area (Å²) in [5.41, 5.74) is -1.93. The van der Waals surface area contributed by atoms with Gasteiger partial charge in [-0.25, -0.2) is 0 Å². The zero-order valence-electron chi connectivity index (χ0n) is 18.3. The summed E-state index contributed by atoms with van der Waals surface area (Å²) in [7, 11) is 0. The smallest absolute Gasteiger partial charge is 0.420 e. The van der Waals surface area contributed by atoms with Gasteiger partial charge in [0.05, 0.1) is 12.2 Å². The Morgan fingerprint density at radius 1 is 1.07 bits per heavy atom. The SMILES string of the molecule is CCCOC(CC(C)C)(CC(C)C)C(=O)Nc1ccc(OCC)c(C(F)(F)F)c1. The first-order valence-electron chi connectivity index (χ1n) is 10.2. The van der Waals surface area contributed by atoms with E-state index < -0.39 is 23.2 Å². The van der Waals surface area contributed by atoms with Gasteiger partial charge < -0.3 is 14.8 Å². The number of alkyl halides is 3. The molecule has 7 heteroatoms. The molecule has 0 aliphatic carbocycles. The summed E-state index contributed by atoms with van der Waals surface area (Å²) < 4.78 is 51.4. The fraction of sp³-hybridized carbons (Fsp3) is 0.682. The molecule has 0 aliphatic rings. The zero-order valence-corrected chi connectivity index (χ0v) is 18.3. The van der Waals surface area contributed by atoms with Crippen molar-refractivity contribution in [3.8, 4) is 5.75 Å². The number of hydrogen-bond donors (Lipinski definition) is 1. The van der Waals surface area contributed by atoms with Crippen LogP contribution < -0.4 is 10.1 Å². The van der Waals surface area contributed by atoms with Crippen LogP contribution in [0.4, 0.5) is 18.9 Å². The summed E-state index contributed by atoms with van der Waals surface area (Å²) in [6, 6.07) is 3.58. The molecule has 0 spiro atoms. The summed E-state index contributed by atoms with van der Waals surface area (Å²) in [6.07, 6.45) is -2.87. The lowest BCUT2D eigenvalue weighted by atomic mass is 9.83. The molecule has 1 aromatic carbocycles. The van der Waals surface area contributed by atoms with E-state index in [1.165, 1.54) is 12.1 Å². The lowest BCUT2D eigenvalue weighted by molar-refractivity contribution is -0.147. The highest BCUT2D eigenvalue weighted by Gasteiger charge is 2.41. The molecule has 1 aromatic rings. The second kappa shape index (κ2) is 10.9. The minimum absolute atomic E-state index is 0.0720. The predicted molar refractivity (Wildman–Crippen MR) is 109 cm³/mol. The van der Waals surface area contributed by atoms with E-state index in [-0.39, 0.29) is 29.9 Å². The average molecular weight is 418 g/mol. The second-order valence-corrected chi connectivity index (χ2v) is 8.13. The van der Waals surface area contributed by atoms with E-state index in [9.17, 15) is 18.0 Å². The first-order chi connectivity index (χ1) is 13.4. The molecule has 0 atom stereocenters. The lowest BCUT2D eigenvalue weighted by Crippen LogP contribution is -2.48. The van der Waals surface area contributed by atoms with Crippen LogP contribution in [0.5, 0.6) is 5.75 Å². The van der Waals surface area contributed by atoms with Crippen LogP contribution >= 0.6 is 0 Å². The predicted octanol–water partition coefficient (Wildman–Crippen LogP) is 6.30. The molecule has 0 heterocycles. The first-order valence-corrected chi connectivity index (χ1v) is 10.2. The van der Waals surface area contributed by atoms with Crippen molar-refractivity contribution in [1.29, 1.82) is 0 Å². The van der Waals surface area contributed by atoms with Gasteiger partial charge in [-0.2, -0.15) is 13.2 Å². The molecule has 4 nitrogen and oxygen atoms in total. The standard InChI is InChI=1S/C22H34F3NO3/c1-7-11-29-21(13-15(3)4,14-16(5)6)20(27)26-17-9-10-19(28-8-2)18(12-17)22(23,24)25/h9-10,12,15-16H,7-8,11,13-14H2,1-6H3,(H,26,27). The highest BCUT2D eigenvalue weighted by molar-refractivity contribution is 5.97. The highest BCUT2D eigenvalue weighted by Crippen LogP contribution is 2.38. The maximum atomic E-state index is 13.4. The molecule has 0 saturated carbocycles. The zero-order chi connectivity index (χ0) is 22.2. The van der Waals surface area contributed by atoms with Crippen LogP contribution in [0, 0.1) is 11.8 Å². The number of halogens is 3. The number of amides is 1. The van der Waals surface area contributed by atoms with E-state index in [1.807, 2.05) is 34.6 Å². The Hall–Kier alpha value is -1.76. The third-order valence-electron chi connectivity index (χ3n) is 4.31. The first kappa shape index (κ1) is 25.3. The maximum absolute atomic E-state index is 13.4. The monoisotopic (exact) mass is 417 g/mol. The number of carbonyl (C=O) groups excluding carboxylic acids is 1. The van der Waals surface area contributed by atoms with E-state index in [0.29, 0.717) is 19.4 Å². The van der Waals surface area contributed by atoms with Gasteiger partial charge in [0.25, 0.3) is 5.91 Å². The summed E-state index contributed by atoms with van der Waals surface area (Å²) >= 11 is 0. The topological polar surface area (TPSA) is 47.6 Å². The summed E-state index contributed by atoms with van der Waals surface area (Å²) in [6.45, 7) is 12.1. The number of benzene rings is 1. The number of nitrogens with one attached hydrogen (secondary N) is 1. The van der Waals surface area contributed by atoms with Crippen LogP contribution in [0.1, 0.15) is 66.4 Å². The third kappa shape index (κ3) is 7.53. The normalized spacial score (nSPS) is 12.5. The van der Waals surface area contributed by atoms with E-state index in [0.717, 1.165) is 12.5 Å². The number of anilines is 1. The minimum Gasteiger partial charge on any atom is -0.493 e. The van der Waals surface area contributed by atoms with E-state index in [2.05, 4.69) is 5.32 Å². The van der Waals surface area contributed by atoms with Crippen LogP contribution in [-0.4, -0.2) is 24.7 Å². The maximum Gasteiger partial charge on any atom is 0.420 e. The van der Waals surface area contributed by atoms with Crippen molar-refractivity contribution in [2.24, 2.45) is 11.8 Å². The summed E-state index contributed by atoms with van der Waals surface area (Å²) in [4.78, 5) is 13.2. The Balaban J connectivity index is 3.27. The molecule has 0 aromatic heterocycles. The van der Waals surface area contributed by atoms with Crippen LogP contribution in [0.3, 0.4) is 0 Å². The van der Waals surface area contributed by atoms with Gasteiger partial charge in [-0.3, -0.25) is 4.79 Å².